The first-order valence-corrected chi connectivity index (χ1v) is 13.0. The first-order valence-electron chi connectivity index (χ1n) is 13.0. The van der Waals surface area contributed by atoms with Gasteiger partial charge in [0.25, 0.3) is 11.8 Å². The zero-order chi connectivity index (χ0) is 28.2. The maximum Gasteiger partial charge on any atom is 0.263 e. The first-order chi connectivity index (χ1) is 20.0. The van der Waals surface area contributed by atoms with Crippen LogP contribution >= 0.6 is 0 Å². The summed E-state index contributed by atoms with van der Waals surface area (Å²) in [5.74, 6) is -0.654. The SMILES string of the molecule is [C-]#[N+]c1ccccc1-c1ccc2c(c1)c1cc(-c3ccccc3C#N)ccc1n2-c1cccc2c1C(=O)N(C)C2=O. The zero-order valence-electron chi connectivity index (χ0n) is 21.9. The fraction of sp³-hybridized carbons (Fsp3) is 0.0286. The van der Waals surface area contributed by atoms with Crippen LogP contribution in [0.5, 0.6) is 0 Å². The molecule has 0 atom stereocenters. The number of hydrogen-bond donors (Lipinski definition) is 0. The fourth-order valence-electron chi connectivity index (χ4n) is 5.84. The number of hydrogen-bond acceptors (Lipinski definition) is 3. The molecule has 7 rings (SSSR count). The smallest absolute Gasteiger partial charge is 0.263 e. The van der Waals surface area contributed by atoms with Crippen LogP contribution in [0.15, 0.2) is 103 Å². The topological polar surface area (TPSA) is 70.5 Å². The van der Waals surface area contributed by atoms with Crippen molar-refractivity contribution in [3.05, 3.63) is 131 Å². The van der Waals surface area contributed by atoms with Crippen LogP contribution in [-0.2, 0) is 0 Å². The van der Waals surface area contributed by atoms with Gasteiger partial charge in [-0.15, -0.1) is 0 Å². The summed E-state index contributed by atoms with van der Waals surface area (Å²) in [6.07, 6.45) is 0. The number of nitrogens with zero attached hydrogens (tertiary/aromatic N) is 4. The summed E-state index contributed by atoms with van der Waals surface area (Å²) in [6.45, 7) is 7.66. The second-order valence-electron chi connectivity index (χ2n) is 9.95. The van der Waals surface area contributed by atoms with Crippen LogP contribution in [0, 0.1) is 17.9 Å². The van der Waals surface area contributed by atoms with E-state index in [1.165, 1.54) is 7.05 Å². The Bertz CT molecular complexity index is 2080. The number of para-hydroxylation sites is 1. The number of imide groups is 1. The number of nitriles is 1. The summed E-state index contributed by atoms with van der Waals surface area (Å²) < 4.78 is 2.03. The Morgan fingerprint density at radius 2 is 1.32 bits per heavy atom. The van der Waals surface area contributed by atoms with Gasteiger partial charge in [0.1, 0.15) is 0 Å². The van der Waals surface area contributed by atoms with Crippen LogP contribution in [0.4, 0.5) is 5.69 Å². The van der Waals surface area contributed by atoms with Crippen molar-refractivity contribution in [1.82, 2.24) is 9.47 Å². The molecule has 1 aliphatic rings. The molecule has 0 saturated carbocycles. The molecule has 41 heavy (non-hydrogen) atoms. The lowest BCUT2D eigenvalue weighted by Gasteiger charge is -2.12. The minimum atomic E-state index is -0.335. The van der Waals surface area contributed by atoms with Crippen LogP contribution in [0.2, 0.25) is 0 Å². The Hall–Kier alpha value is -5.98. The Morgan fingerprint density at radius 3 is 2.00 bits per heavy atom. The average Bonchev–Trinajstić information content (AvgIpc) is 3.46. The molecule has 0 N–H and O–H groups in total. The molecule has 5 aromatic carbocycles. The van der Waals surface area contributed by atoms with E-state index in [9.17, 15) is 14.9 Å². The third-order valence-electron chi connectivity index (χ3n) is 7.80. The third-order valence-corrected chi connectivity index (χ3v) is 7.80. The van der Waals surface area contributed by atoms with Gasteiger partial charge in [0.15, 0.2) is 5.69 Å². The van der Waals surface area contributed by atoms with E-state index in [0.29, 0.717) is 28.1 Å². The monoisotopic (exact) mass is 528 g/mol. The summed E-state index contributed by atoms with van der Waals surface area (Å²) in [4.78, 5) is 30.9. The highest BCUT2D eigenvalue weighted by Crippen LogP contribution is 2.40. The quantitative estimate of drug-likeness (QED) is 0.174. The minimum Gasteiger partial charge on any atom is -0.308 e. The molecule has 1 aliphatic heterocycles. The standard InChI is InChI=1S/C35H20N4O2/c1-37-29-12-6-5-10-25(29)22-15-17-31-28(19-22)27-18-21(24-9-4-3-8-23(24)20-36)14-16-30(27)39(31)32-13-7-11-26-33(32)35(41)38(2)34(26)40/h3-19H,2H3. The summed E-state index contributed by atoms with van der Waals surface area (Å²) in [6, 6.07) is 34.7. The maximum absolute atomic E-state index is 13.2. The summed E-state index contributed by atoms with van der Waals surface area (Å²) >= 11 is 0. The molecule has 2 amide bonds. The Balaban J connectivity index is 1.58. The molecular weight excluding hydrogens is 508 g/mol. The molecule has 1 aromatic heterocycles. The Kier molecular flexibility index (Phi) is 5.32. The van der Waals surface area contributed by atoms with E-state index in [2.05, 4.69) is 23.0 Å². The second kappa shape index (κ2) is 9.05. The highest BCUT2D eigenvalue weighted by Gasteiger charge is 2.35. The maximum atomic E-state index is 13.2. The average molecular weight is 529 g/mol. The van der Waals surface area contributed by atoms with Crippen molar-refractivity contribution in [3.63, 3.8) is 0 Å². The lowest BCUT2D eigenvalue weighted by Crippen LogP contribution is -2.24. The van der Waals surface area contributed by atoms with Gasteiger partial charge >= 0.3 is 0 Å². The highest BCUT2D eigenvalue weighted by molar-refractivity contribution is 6.23. The molecule has 192 valence electrons. The van der Waals surface area contributed by atoms with Gasteiger partial charge in [0.05, 0.1) is 46.1 Å². The van der Waals surface area contributed by atoms with Crippen molar-refractivity contribution in [2.45, 2.75) is 0 Å². The van der Waals surface area contributed by atoms with Gasteiger partial charge < -0.3 is 4.57 Å². The Morgan fingerprint density at radius 1 is 0.707 bits per heavy atom. The number of carbonyl (C=O) groups is 2. The number of benzene rings is 5. The molecule has 0 fully saturated rings. The van der Waals surface area contributed by atoms with Crippen molar-refractivity contribution in [2.75, 3.05) is 7.05 Å². The van der Waals surface area contributed by atoms with E-state index in [1.54, 1.807) is 24.3 Å². The van der Waals surface area contributed by atoms with Gasteiger partial charge in [-0.3, -0.25) is 14.5 Å². The van der Waals surface area contributed by atoms with E-state index in [1.807, 2.05) is 71.3 Å². The first kappa shape index (κ1) is 24.1. The molecule has 6 heteroatoms. The lowest BCUT2D eigenvalue weighted by molar-refractivity contribution is 0.0693. The van der Waals surface area contributed by atoms with Crippen molar-refractivity contribution < 1.29 is 9.59 Å². The van der Waals surface area contributed by atoms with Crippen molar-refractivity contribution in [2.24, 2.45) is 0 Å². The molecule has 6 nitrogen and oxygen atoms in total. The van der Waals surface area contributed by atoms with Crippen LogP contribution in [-0.4, -0.2) is 28.3 Å². The predicted molar refractivity (Wildman–Crippen MR) is 159 cm³/mol. The zero-order valence-corrected chi connectivity index (χ0v) is 21.9. The van der Waals surface area contributed by atoms with Gasteiger partial charge in [-0.2, -0.15) is 5.26 Å². The summed E-state index contributed by atoms with van der Waals surface area (Å²) in [5.41, 5.74) is 7.70. The molecule has 0 radical (unpaired) electrons. The van der Waals surface area contributed by atoms with E-state index in [-0.39, 0.29) is 11.8 Å². The summed E-state index contributed by atoms with van der Waals surface area (Å²) in [7, 11) is 1.50. The van der Waals surface area contributed by atoms with E-state index in [4.69, 9.17) is 6.57 Å². The normalized spacial score (nSPS) is 12.5. The van der Waals surface area contributed by atoms with E-state index in [0.717, 1.165) is 49.0 Å². The molecule has 2 heterocycles. The van der Waals surface area contributed by atoms with Crippen LogP contribution in [0.1, 0.15) is 26.3 Å². The number of rotatable bonds is 3. The third kappa shape index (κ3) is 3.49. The van der Waals surface area contributed by atoms with Gasteiger partial charge in [0.2, 0.25) is 0 Å². The number of amides is 2. The van der Waals surface area contributed by atoms with Gasteiger partial charge in [0, 0.05) is 17.8 Å². The van der Waals surface area contributed by atoms with Gasteiger partial charge in [-0.05, 0) is 64.7 Å². The second-order valence-corrected chi connectivity index (χ2v) is 9.95. The number of fused-ring (bicyclic) bond motifs is 4. The van der Waals surface area contributed by atoms with Gasteiger partial charge in [-0.1, -0.05) is 60.7 Å². The highest BCUT2D eigenvalue weighted by atomic mass is 16.2. The minimum absolute atomic E-state index is 0.318. The van der Waals surface area contributed by atoms with Crippen molar-refractivity contribution in [1.29, 1.82) is 5.26 Å². The molecule has 6 aromatic rings. The molecule has 0 aliphatic carbocycles. The lowest BCUT2D eigenvalue weighted by atomic mass is 9.97. The van der Waals surface area contributed by atoms with Crippen molar-refractivity contribution >= 4 is 39.3 Å². The molecule has 0 spiro atoms. The largest absolute Gasteiger partial charge is 0.308 e. The van der Waals surface area contributed by atoms with Crippen LogP contribution in [0.3, 0.4) is 0 Å². The molecule has 0 unspecified atom stereocenters. The van der Waals surface area contributed by atoms with Crippen LogP contribution in [0.25, 0.3) is 54.6 Å². The summed E-state index contributed by atoms with van der Waals surface area (Å²) in [5, 5.41) is 11.6. The predicted octanol–water partition coefficient (Wildman–Crippen LogP) is 7.77. The van der Waals surface area contributed by atoms with E-state index < -0.39 is 0 Å². The molecule has 0 saturated heterocycles. The number of carbonyl (C=O) groups excluding carboxylic acids is 2. The van der Waals surface area contributed by atoms with Gasteiger partial charge in [-0.25, -0.2) is 4.85 Å². The molecular formula is C35H20N4O2. The fourth-order valence-corrected chi connectivity index (χ4v) is 5.84. The van der Waals surface area contributed by atoms with Crippen molar-refractivity contribution in [3.8, 4) is 34.0 Å². The number of aromatic nitrogens is 1. The van der Waals surface area contributed by atoms with Crippen LogP contribution < -0.4 is 0 Å². The Labute approximate surface area is 235 Å². The molecule has 0 bridgehead atoms. The van der Waals surface area contributed by atoms with E-state index >= 15 is 0 Å².